The van der Waals surface area contributed by atoms with Gasteiger partial charge in [0.2, 0.25) is 10.0 Å². The van der Waals surface area contributed by atoms with Gasteiger partial charge in [-0.15, -0.1) is 0 Å². The average Bonchev–Trinajstić information content (AvgIpc) is 1.66. The molecule has 2 fully saturated rings. The molecule has 6 heterocycles. The molecular weight excluding hydrogens is 1670 g/mol. The SMILES string of the molecule is CC(=O)c1ccc(C)cc1F.Cc1ccc(C)c(C)c1.Cc1ccc(N2CCOCC2)c(Cl)c1.Cc1ccc(N2CCOCC2)c(F)c1.Cc1ccc(OC(C)C)c(C)c1.Cc1ccc(OC(F)F)c(F)c1.Cc1ccc2c(C)[nH]nc2c1.Cc1ccc2c(c1)C(=O)NC2.Cc1ccc2c(c1)CNC2=O.Cc1ccc2nc(C)oc2c1.Cc1cccc(NS(C)(=O)=O)c1. The molecule has 2 saturated heterocycles. The largest absolute Gasteiger partial charge is 0.491 e. The Morgan fingerprint density at radius 1 is 0.477 bits per heavy atom. The summed E-state index contributed by atoms with van der Waals surface area (Å²) in [4.78, 5) is 41.4. The Bertz CT molecular complexity index is 5830. The van der Waals surface area contributed by atoms with Crippen molar-refractivity contribution in [1.29, 1.82) is 0 Å². The first-order chi connectivity index (χ1) is 60.6. The molecule has 2 aromatic heterocycles. The molecule has 0 bridgehead atoms. The van der Waals surface area contributed by atoms with Gasteiger partial charge in [0.1, 0.15) is 22.9 Å². The molecule has 17 rings (SSSR count). The summed E-state index contributed by atoms with van der Waals surface area (Å²) in [5, 5.41) is 14.7. The average molecular weight is 1790 g/mol. The van der Waals surface area contributed by atoms with Crippen LogP contribution in [-0.2, 0) is 32.6 Å². The lowest BCUT2D eigenvalue weighted by molar-refractivity contribution is -0.0522. The fraction of sp³-hybridized carbons (Fsp3) is 0.311. The molecular formula is C103H120ClF5N8O10S. The van der Waals surface area contributed by atoms with E-state index in [2.05, 4.69) is 149 Å². The van der Waals surface area contributed by atoms with Gasteiger partial charge in [0, 0.05) is 74.1 Å². The number of H-pyrrole nitrogens is 1. The molecule has 4 aliphatic heterocycles. The number of ether oxygens (including phenoxy) is 4. The van der Waals surface area contributed by atoms with Crippen molar-refractivity contribution >= 4 is 78.3 Å². The van der Waals surface area contributed by atoms with Gasteiger partial charge >= 0.3 is 6.61 Å². The van der Waals surface area contributed by atoms with Gasteiger partial charge in [-0.2, -0.15) is 13.9 Å². The van der Waals surface area contributed by atoms with Crippen LogP contribution < -0.4 is 34.6 Å². The van der Waals surface area contributed by atoms with Crippen LogP contribution in [0, 0.1) is 128 Å². The first-order valence-electron chi connectivity index (χ1n) is 42.1. The molecule has 4 aliphatic rings. The number of sulfonamides is 1. The Morgan fingerprint density at radius 2 is 0.961 bits per heavy atom. The van der Waals surface area contributed by atoms with Crippen LogP contribution >= 0.6 is 11.6 Å². The second kappa shape index (κ2) is 50.4. The molecule has 0 aliphatic carbocycles. The number of hydrogen-bond donors (Lipinski definition) is 4. The molecule has 4 N–H and O–H groups in total. The third-order valence-electron chi connectivity index (χ3n) is 19.8. The molecule has 0 atom stereocenters. The number of fused-ring (bicyclic) bond motifs is 4. The van der Waals surface area contributed by atoms with Crippen molar-refractivity contribution in [2.75, 3.05) is 73.4 Å². The molecule has 0 unspecified atom stereocenters. The summed E-state index contributed by atoms with van der Waals surface area (Å²) in [7, 11) is -3.14. The Balaban J connectivity index is 0.000000193. The summed E-state index contributed by atoms with van der Waals surface area (Å²) in [5.41, 5.74) is 26.6. The predicted octanol–water partition coefficient (Wildman–Crippen LogP) is 23.7. The van der Waals surface area contributed by atoms with Crippen molar-refractivity contribution in [2.24, 2.45) is 0 Å². The first-order valence-corrected chi connectivity index (χ1v) is 44.3. The van der Waals surface area contributed by atoms with Gasteiger partial charge in [-0.1, -0.05) is 143 Å². The van der Waals surface area contributed by atoms with E-state index < -0.39 is 34.0 Å². The van der Waals surface area contributed by atoms with Crippen molar-refractivity contribution in [1.82, 2.24) is 25.8 Å². The molecule has 11 aromatic carbocycles. The number of amides is 2. The zero-order valence-corrected chi connectivity index (χ0v) is 78.5. The maximum absolute atomic E-state index is 13.6. The maximum Gasteiger partial charge on any atom is 0.387 e. The number of aromatic amines is 1. The summed E-state index contributed by atoms with van der Waals surface area (Å²) >= 11 is 6.18. The summed E-state index contributed by atoms with van der Waals surface area (Å²) in [6.45, 7) is 42.1. The van der Waals surface area contributed by atoms with Gasteiger partial charge in [0.25, 0.3) is 11.8 Å². The summed E-state index contributed by atoms with van der Waals surface area (Å²) in [6, 6.07) is 64.0. The van der Waals surface area contributed by atoms with Crippen molar-refractivity contribution in [3.63, 3.8) is 0 Å². The van der Waals surface area contributed by atoms with Crippen molar-refractivity contribution in [3.05, 3.63) is 346 Å². The van der Waals surface area contributed by atoms with E-state index in [1.165, 1.54) is 86.6 Å². The molecule has 0 radical (unpaired) electrons. The predicted molar refractivity (Wildman–Crippen MR) is 508 cm³/mol. The van der Waals surface area contributed by atoms with E-state index in [1.807, 2.05) is 158 Å². The van der Waals surface area contributed by atoms with Crippen LogP contribution in [0.5, 0.6) is 11.5 Å². The number of carbonyl (C=O) groups excluding carboxylic acids is 3. The van der Waals surface area contributed by atoms with Gasteiger partial charge in [-0.25, -0.2) is 26.6 Å². The van der Waals surface area contributed by atoms with Gasteiger partial charge in [-0.05, 0) is 288 Å². The van der Waals surface area contributed by atoms with E-state index in [9.17, 15) is 44.8 Å². The number of anilines is 3. The lowest BCUT2D eigenvalue weighted by Gasteiger charge is -2.29. The number of oxazole rings is 1. The molecule has 18 nitrogen and oxygen atoms in total. The number of morpholine rings is 2. The number of nitrogens with one attached hydrogen (secondary N) is 4. The van der Waals surface area contributed by atoms with Gasteiger partial charge in [-0.3, -0.25) is 24.2 Å². The first kappa shape index (κ1) is 103. The second-order valence-electron chi connectivity index (χ2n) is 32.0. The van der Waals surface area contributed by atoms with Crippen LogP contribution in [0.2, 0.25) is 5.02 Å². The number of benzene rings is 11. The highest BCUT2D eigenvalue weighted by Crippen LogP contribution is 2.29. The van der Waals surface area contributed by atoms with Crippen LogP contribution in [0.3, 0.4) is 0 Å². The number of aromatic nitrogens is 3. The molecule has 2 amide bonds. The number of aryl methyl sites for hydroxylation is 16. The molecule has 0 saturated carbocycles. The van der Waals surface area contributed by atoms with Crippen LogP contribution in [-0.4, -0.2) is 113 Å². The monoisotopic (exact) mass is 1790 g/mol. The summed E-state index contributed by atoms with van der Waals surface area (Å²) in [6.07, 6.45) is 1.39. The van der Waals surface area contributed by atoms with Crippen molar-refractivity contribution in [2.45, 2.75) is 157 Å². The second-order valence-corrected chi connectivity index (χ2v) is 34.1. The number of carbonyl (C=O) groups is 3. The lowest BCUT2D eigenvalue weighted by Crippen LogP contribution is -2.36. The summed E-state index contributed by atoms with van der Waals surface area (Å²) in [5.74, 6) is -0.150. The standard InChI is InChI=1S/C11H14ClNO.C11H14FNO.C11H16O.C9H9FO.C9H10N2.3C9H9NO.C9H12.C8H7F3O.C8H11NO2S/c2*1-9-2-3-11(10(12)8-9)13-4-6-14-7-5-13;1-8(2)12-11-6-5-9(3)7-10(11)4;1-6-3-4-8(7(2)11)9(10)5-6;1-6-3-4-8-7(2)10-11-9(8)5-6;1-6-3-4-8-9(5-6)11-7(2)10-8;1-6-2-3-8-7(4-6)5-10-9(8)11;1-6-2-3-7-5-10-9(11)8(7)4-6;1-7-4-5-8(2)9(3)6-7;1-5-2-3-7(6(9)4-5)12-8(10)11;1-7-4-3-5-8(6-7)9-12(2,10)11/h2*2-3,8H,4-7H2,1H3;5-8H,1-4H3;3-5H,1-2H3;3-5H,1-2H3,(H,10,11);3-5H,1-2H3;2*2-4H,5H2,1H3,(H,10,11);4-6H,1-3H3;2-4,8H,1H3;3-6,9H,1-2H3. The van der Waals surface area contributed by atoms with Crippen molar-refractivity contribution in [3.8, 4) is 11.5 Å². The third kappa shape index (κ3) is 34.9. The van der Waals surface area contributed by atoms with E-state index in [4.69, 9.17) is 30.2 Å². The highest BCUT2D eigenvalue weighted by atomic mass is 35.5. The van der Waals surface area contributed by atoms with Crippen LogP contribution in [0.25, 0.3) is 22.0 Å². The maximum atomic E-state index is 13.6. The molecule has 0 spiro atoms. The van der Waals surface area contributed by atoms with Gasteiger partial charge in [0.05, 0.1) is 66.3 Å². The number of alkyl halides is 2. The van der Waals surface area contributed by atoms with E-state index >= 15 is 0 Å². The van der Waals surface area contributed by atoms with Crippen LogP contribution in [0.1, 0.15) is 152 Å². The third-order valence-corrected chi connectivity index (χ3v) is 20.7. The van der Waals surface area contributed by atoms with Crippen LogP contribution in [0.4, 0.5) is 39.0 Å². The van der Waals surface area contributed by atoms with Gasteiger partial charge < -0.3 is 43.8 Å². The topological polar surface area (TPSA) is 220 Å². The number of hydrogen-bond acceptors (Lipinski definition) is 14. The Labute approximate surface area is 756 Å². The Morgan fingerprint density at radius 3 is 1.52 bits per heavy atom. The fourth-order valence-electron chi connectivity index (χ4n) is 13.1. The summed E-state index contributed by atoms with van der Waals surface area (Å²) < 4.78 is 112. The number of ketones is 1. The van der Waals surface area contributed by atoms with E-state index in [0.717, 1.165) is 141 Å². The highest BCUT2D eigenvalue weighted by Gasteiger charge is 2.21. The fourth-order valence-corrected chi connectivity index (χ4v) is 14.0. The number of nitrogens with zero attached hydrogens (tertiary/aromatic N) is 4. The molecule has 25 heteroatoms. The minimum atomic E-state index is -3.14. The van der Waals surface area contributed by atoms with E-state index in [-0.39, 0.29) is 35.1 Å². The minimum absolute atomic E-state index is 0.0556. The molecule has 680 valence electrons. The smallest absolute Gasteiger partial charge is 0.387 e. The zero-order chi connectivity index (χ0) is 94.1. The number of halogens is 6. The molecule has 128 heavy (non-hydrogen) atoms. The number of Topliss-reactive ketones (excluding diaryl/α,β-unsaturated/α-hetero) is 1. The lowest BCUT2D eigenvalue weighted by atomic mass is 10.1. The quantitative estimate of drug-likeness (QED) is 0.0780. The number of rotatable bonds is 9. The Kier molecular flexibility index (Phi) is 40.5. The van der Waals surface area contributed by atoms with E-state index in [1.54, 1.807) is 38.1 Å². The Hall–Kier alpha value is -12.2. The van der Waals surface area contributed by atoms with Gasteiger partial charge in [0.15, 0.2) is 28.8 Å². The molecule has 13 aromatic rings. The highest BCUT2D eigenvalue weighted by molar-refractivity contribution is 7.92. The minimum Gasteiger partial charge on any atom is -0.491 e. The van der Waals surface area contributed by atoms with E-state index in [0.29, 0.717) is 43.2 Å². The van der Waals surface area contributed by atoms with Crippen molar-refractivity contribution < 1.29 is 68.1 Å². The normalized spacial score (nSPS) is 12.6. The zero-order valence-electron chi connectivity index (χ0n) is 76.9. The van der Waals surface area contributed by atoms with Crippen LogP contribution in [0.15, 0.2) is 211 Å².